The first-order chi connectivity index (χ1) is 16.1. The van der Waals surface area contributed by atoms with Crippen molar-refractivity contribution in [2.75, 3.05) is 27.4 Å². The average Bonchev–Trinajstić information content (AvgIpc) is 3.36. The van der Waals surface area contributed by atoms with E-state index in [1.54, 1.807) is 30.3 Å². The standard InChI is InChI=1S/C25H32N2O6/c1-30-22-12-11-18(16-23(22)31-2)24(28)27-21(17-20-10-6-14-33-20)25(29)26-13-7-15-32-19-8-4-3-5-9-19/h6,10-12,14,16-17,19H,3-5,7-9,13,15H2,1-2H3,(H,26,29)(H,27,28)/b21-17-. The number of rotatable bonds is 11. The molecule has 33 heavy (non-hydrogen) atoms. The summed E-state index contributed by atoms with van der Waals surface area (Å²) in [5, 5.41) is 5.52. The molecule has 1 aliphatic rings. The molecule has 1 aromatic carbocycles. The van der Waals surface area contributed by atoms with E-state index in [0.717, 1.165) is 12.8 Å². The number of nitrogens with one attached hydrogen (secondary N) is 2. The Morgan fingerprint density at radius 2 is 1.88 bits per heavy atom. The molecule has 1 fully saturated rings. The topological polar surface area (TPSA) is 99.0 Å². The highest BCUT2D eigenvalue weighted by atomic mass is 16.5. The van der Waals surface area contributed by atoms with Crippen LogP contribution in [-0.2, 0) is 9.53 Å². The molecule has 0 atom stereocenters. The van der Waals surface area contributed by atoms with Crippen LogP contribution in [0.5, 0.6) is 11.5 Å². The molecule has 0 bridgehead atoms. The summed E-state index contributed by atoms with van der Waals surface area (Å²) < 4.78 is 21.7. The monoisotopic (exact) mass is 456 g/mol. The summed E-state index contributed by atoms with van der Waals surface area (Å²) in [6.07, 6.45) is 9.99. The van der Waals surface area contributed by atoms with Crippen molar-refractivity contribution in [2.24, 2.45) is 0 Å². The van der Waals surface area contributed by atoms with E-state index in [9.17, 15) is 9.59 Å². The van der Waals surface area contributed by atoms with Crippen LogP contribution in [0, 0.1) is 0 Å². The fourth-order valence-corrected chi connectivity index (χ4v) is 3.70. The molecule has 8 nitrogen and oxygen atoms in total. The van der Waals surface area contributed by atoms with E-state index in [1.165, 1.54) is 45.8 Å². The minimum atomic E-state index is -0.454. The molecule has 0 saturated heterocycles. The van der Waals surface area contributed by atoms with Crippen molar-refractivity contribution in [1.29, 1.82) is 0 Å². The highest BCUT2D eigenvalue weighted by Gasteiger charge is 2.17. The van der Waals surface area contributed by atoms with Gasteiger partial charge in [0.25, 0.3) is 11.8 Å². The Morgan fingerprint density at radius 3 is 2.58 bits per heavy atom. The number of benzene rings is 1. The summed E-state index contributed by atoms with van der Waals surface area (Å²) in [6, 6.07) is 8.20. The number of hydrogen-bond acceptors (Lipinski definition) is 6. The molecule has 0 unspecified atom stereocenters. The number of hydrogen-bond donors (Lipinski definition) is 2. The fraction of sp³-hybridized carbons (Fsp3) is 0.440. The predicted molar refractivity (Wildman–Crippen MR) is 124 cm³/mol. The van der Waals surface area contributed by atoms with Crippen molar-refractivity contribution in [1.82, 2.24) is 10.6 Å². The van der Waals surface area contributed by atoms with Gasteiger partial charge in [0.05, 0.1) is 26.6 Å². The maximum atomic E-state index is 12.8. The number of furan rings is 1. The van der Waals surface area contributed by atoms with Crippen LogP contribution in [0.15, 0.2) is 46.7 Å². The van der Waals surface area contributed by atoms with Gasteiger partial charge in [-0.2, -0.15) is 0 Å². The van der Waals surface area contributed by atoms with Gasteiger partial charge < -0.3 is 29.3 Å². The average molecular weight is 457 g/mol. The van der Waals surface area contributed by atoms with Crippen LogP contribution in [0.4, 0.5) is 0 Å². The number of methoxy groups -OCH3 is 2. The lowest BCUT2D eigenvalue weighted by molar-refractivity contribution is -0.117. The van der Waals surface area contributed by atoms with Gasteiger partial charge in [-0.15, -0.1) is 0 Å². The molecular formula is C25H32N2O6. The molecule has 1 heterocycles. The predicted octanol–water partition coefficient (Wildman–Crippen LogP) is 3.92. The van der Waals surface area contributed by atoms with Crippen molar-refractivity contribution in [3.05, 3.63) is 53.6 Å². The van der Waals surface area contributed by atoms with Crippen molar-refractivity contribution in [3.8, 4) is 11.5 Å². The van der Waals surface area contributed by atoms with Gasteiger partial charge in [0.15, 0.2) is 11.5 Å². The van der Waals surface area contributed by atoms with E-state index in [-0.39, 0.29) is 5.70 Å². The minimum absolute atomic E-state index is 0.0814. The van der Waals surface area contributed by atoms with Gasteiger partial charge in [-0.25, -0.2) is 0 Å². The summed E-state index contributed by atoms with van der Waals surface area (Å²) in [5.41, 5.74) is 0.407. The molecule has 1 saturated carbocycles. The van der Waals surface area contributed by atoms with E-state index in [4.69, 9.17) is 18.6 Å². The van der Waals surface area contributed by atoms with Gasteiger partial charge in [-0.05, 0) is 49.6 Å². The Kier molecular flexibility index (Phi) is 9.38. The molecule has 1 aromatic heterocycles. The lowest BCUT2D eigenvalue weighted by atomic mass is 9.98. The SMILES string of the molecule is COc1ccc(C(=O)N/C(=C\c2ccco2)C(=O)NCCCOC2CCCCC2)cc1OC. The van der Waals surface area contributed by atoms with Crippen LogP contribution >= 0.6 is 0 Å². The van der Waals surface area contributed by atoms with E-state index >= 15 is 0 Å². The molecule has 0 radical (unpaired) electrons. The van der Waals surface area contributed by atoms with Crippen molar-refractivity contribution in [3.63, 3.8) is 0 Å². The van der Waals surface area contributed by atoms with Crippen LogP contribution in [0.25, 0.3) is 6.08 Å². The molecule has 8 heteroatoms. The molecule has 178 valence electrons. The third-order valence-electron chi connectivity index (χ3n) is 5.48. The van der Waals surface area contributed by atoms with Crippen LogP contribution in [-0.4, -0.2) is 45.3 Å². The number of carbonyl (C=O) groups excluding carboxylic acids is 2. The first kappa shape index (κ1) is 24.4. The largest absolute Gasteiger partial charge is 0.493 e. The molecule has 1 aliphatic carbocycles. The summed E-state index contributed by atoms with van der Waals surface area (Å²) in [4.78, 5) is 25.6. The van der Waals surface area contributed by atoms with E-state index in [2.05, 4.69) is 10.6 Å². The van der Waals surface area contributed by atoms with E-state index in [1.807, 2.05) is 0 Å². The highest BCUT2D eigenvalue weighted by Crippen LogP contribution is 2.27. The molecule has 0 aliphatic heterocycles. The molecule has 2 amide bonds. The Morgan fingerprint density at radius 1 is 1.09 bits per heavy atom. The Hall–Kier alpha value is -3.26. The normalized spacial score (nSPS) is 14.5. The third-order valence-corrected chi connectivity index (χ3v) is 5.48. The van der Waals surface area contributed by atoms with Crippen LogP contribution < -0.4 is 20.1 Å². The Labute approximate surface area is 194 Å². The third kappa shape index (κ3) is 7.39. The number of ether oxygens (including phenoxy) is 3. The molecular weight excluding hydrogens is 424 g/mol. The van der Waals surface area contributed by atoms with Gasteiger partial charge in [0, 0.05) is 24.8 Å². The second-order valence-corrected chi connectivity index (χ2v) is 7.84. The summed E-state index contributed by atoms with van der Waals surface area (Å²) in [7, 11) is 3.01. The van der Waals surface area contributed by atoms with Gasteiger partial charge in [0.2, 0.25) is 0 Å². The van der Waals surface area contributed by atoms with Gasteiger partial charge in [0.1, 0.15) is 11.5 Å². The summed E-state index contributed by atoms with van der Waals surface area (Å²) in [6.45, 7) is 1.04. The molecule has 2 aromatic rings. The summed E-state index contributed by atoms with van der Waals surface area (Å²) >= 11 is 0. The van der Waals surface area contributed by atoms with Crippen molar-refractivity contribution >= 4 is 17.9 Å². The molecule has 0 spiro atoms. The number of carbonyl (C=O) groups is 2. The summed E-state index contributed by atoms with van der Waals surface area (Å²) in [5.74, 6) is 0.522. The Balaban J connectivity index is 1.59. The van der Waals surface area contributed by atoms with E-state index in [0.29, 0.717) is 48.5 Å². The van der Waals surface area contributed by atoms with Crippen LogP contribution in [0.1, 0.15) is 54.6 Å². The maximum Gasteiger partial charge on any atom is 0.267 e. The second kappa shape index (κ2) is 12.7. The smallest absolute Gasteiger partial charge is 0.267 e. The number of amides is 2. The first-order valence-corrected chi connectivity index (χ1v) is 11.3. The Bertz CT molecular complexity index is 932. The maximum absolute atomic E-state index is 12.8. The fourth-order valence-electron chi connectivity index (χ4n) is 3.70. The zero-order valence-corrected chi connectivity index (χ0v) is 19.2. The second-order valence-electron chi connectivity index (χ2n) is 7.84. The van der Waals surface area contributed by atoms with Gasteiger partial charge in [-0.3, -0.25) is 9.59 Å². The van der Waals surface area contributed by atoms with Crippen molar-refractivity contribution in [2.45, 2.75) is 44.6 Å². The van der Waals surface area contributed by atoms with Crippen LogP contribution in [0.3, 0.4) is 0 Å². The zero-order valence-electron chi connectivity index (χ0n) is 19.2. The van der Waals surface area contributed by atoms with Crippen molar-refractivity contribution < 1.29 is 28.2 Å². The zero-order chi connectivity index (χ0) is 23.5. The molecule has 3 rings (SSSR count). The van der Waals surface area contributed by atoms with E-state index < -0.39 is 11.8 Å². The van der Waals surface area contributed by atoms with Gasteiger partial charge >= 0.3 is 0 Å². The lowest BCUT2D eigenvalue weighted by Gasteiger charge is -2.22. The quantitative estimate of drug-likeness (QED) is 0.393. The first-order valence-electron chi connectivity index (χ1n) is 11.3. The van der Waals surface area contributed by atoms with Gasteiger partial charge in [-0.1, -0.05) is 19.3 Å². The van der Waals surface area contributed by atoms with Crippen LogP contribution in [0.2, 0.25) is 0 Å². The highest BCUT2D eigenvalue weighted by molar-refractivity contribution is 6.05. The molecule has 2 N–H and O–H groups in total. The lowest BCUT2D eigenvalue weighted by Crippen LogP contribution is -2.35. The minimum Gasteiger partial charge on any atom is -0.493 e.